The smallest absolute Gasteiger partial charge is 0.0780 e. The van der Waals surface area contributed by atoms with Crippen LogP contribution in [0, 0.1) is 22.7 Å². The summed E-state index contributed by atoms with van der Waals surface area (Å²) in [6.45, 7) is 13.9. The van der Waals surface area contributed by atoms with Gasteiger partial charge >= 0.3 is 0 Å². The third-order valence-electron chi connectivity index (χ3n) is 6.37. The Balaban J connectivity index is 2.22. The highest BCUT2D eigenvalue weighted by molar-refractivity contribution is 5.16. The van der Waals surface area contributed by atoms with Crippen molar-refractivity contribution in [3.05, 3.63) is 24.0 Å². The zero-order chi connectivity index (χ0) is 15.0. The molecule has 0 amide bonds. The Hall–Kier alpha value is -0.720. The van der Waals surface area contributed by atoms with Crippen molar-refractivity contribution in [2.45, 2.75) is 72.6 Å². The maximum absolute atomic E-state index is 9.13. The number of allylic oxidation sites excluding steroid dienone is 2. The first-order chi connectivity index (χ1) is 9.31. The third kappa shape index (κ3) is 2.69. The van der Waals surface area contributed by atoms with Gasteiger partial charge in [-0.05, 0) is 73.7 Å². The largest absolute Gasteiger partial charge is 0.516 e. The number of fused-ring (bicyclic) bond motifs is 1. The lowest BCUT2D eigenvalue weighted by Crippen LogP contribution is -2.49. The average molecular weight is 276 g/mol. The van der Waals surface area contributed by atoms with Crippen LogP contribution >= 0.6 is 0 Å². The molecule has 0 aromatic heterocycles. The monoisotopic (exact) mass is 276 g/mol. The van der Waals surface area contributed by atoms with E-state index in [1.807, 2.05) is 6.92 Å². The van der Waals surface area contributed by atoms with E-state index in [2.05, 4.69) is 27.4 Å². The van der Waals surface area contributed by atoms with Gasteiger partial charge in [0.15, 0.2) is 0 Å². The molecule has 0 saturated heterocycles. The molecule has 0 radical (unpaired) electrons. The fourth-order valence-electron chi connectivity index (χ4n) is 5.24. The van der Waals surface area contributed by atoms with Gasteiger partial charge in [-0.1, -0.05) is 39.3 Å². The van der Waals surface area contributed by atoms with Crippen LogP contribution in [0.1, 0.15) is 72.6 Å². The molecule has 1 nitrogen and oxygen atoms in total. The van der Waals surface area contributed by atoms with Crippen LogP contribution in [-0.2, 0) is 0 Å². The van der Waals surface area contributed by atoms with E-state index in [1.54, 1.807) is 0 Å². The first-order valence-corrected chi connectivity index (χ1v) is 8.29. The molecule has 2 aliphatic rings. The summed E-state index contributed by atoms with van der Waals surface area (Å²) >= 11 is 0. The predicted octanol–water partition coefficient (Wildman–Crippen LogP) is 6.03. The number of hydrogen-bond acceptors (Lipinski definition) is 1. The van der Waals surface area contributed by atoms with Crippen LogP contribution in [0.4, 0.5) is 0 Å². The van der Waals surface area contributed by atoms with Crippen molar-refractivity contribution in [1.82, 2.24) is 0 Å². The summed E-state index contributed by atoms with van der Waals surface area (Å²) in [5.41, 5.74) is 3.46. The van der Waals surface area contributed by atoms with E-state index in [9.17, 15) is 0 Å². The molecule has 114 valence electrons. The molecule has 2 saturated carbocycles. The second kappa shape index (κ2) is 5.58. The van der Waals surface area contributed by atoms with Crippen molar-refractivity contribution in [1.29, 1.82) is 0 Å². The van der Waals surface area contributed by atoms with E-state index in [1.165, 1.54) is 43.9 Å². The molecule has 0 bridgehead atoms. The molecule has 1 heteroatoms. The molecule has 3 atom stereocenters. The molecule has 0 heterocycles. The molecule has 3 unspecified atom stereocenters. The van der Waals surface area contributed by atoms with Gasteiger partial charge in [-0.15, -0.1) is 0 Å². The van der Waals surface area contributed by atoms with Crippen molar-refractivity contribution in [3.63, 3.8) is 0 Å². The van der Waals surface area contributed by atoms with Gasteiger partial charge in [0.05, 0.1) is 6.26 Å². The maximum atomic E-state index is 9.13. The van der Waals surface area contributed by atoms with E-state index >= 15 is 0 Å². The molecular formula is C19H32O. The Morgan fingerprint density at radius 1 is 1.35 bits per heavy atom. The Bertz CT molecular complexity index is 404. The Morgan fingerprint density at radius 3 is 2.70 bits per heavy atom. The SMILES string of the molecule is C=C1CCC2C(C)(C)CCCC2(C)C1CC/C(C)=C/O. The molecule has 2 aliphatic carbocycles. The highest BCUT2D eigenvalue weighted by atomic mass is 16.2. The minimum Gasteiger partial charge on any atom is -0.516 e. The van der Waals surface area contributed by atoms with Gasteiger partial charge in [-0.3, -0.25) is 0 Å². The summed E-state index contributed by atoms with van der Waals surface area (Å²) in [7, 11) is 0. The second-order valence-corrected chi connectivity index (χ2v) is 8.16. The number of aliphatic hydroxyl groups excluding tert-OH is 1. The average Bonchev–Trinajstić information content (AvgIpc) is 2.36. The highest BCUT2D eigenvalue weighted by Gasteiger charge is 2.52. The van der Waals surface area contributed by atoms with E-state index in [0.29, 0.717) is 16.7 Å². The minimum atomic E-state index is 0.423. The van der Waals surface area contributed by atoms with Gasteiger partial charge in [0, 0.05) is 0 Å². The van der Waals surface area contributed by atoms with Crippen LogP contribution in [0.3, 0.4) is 0 Å². The summed E-state index contributed by atoms with van der Waals surface area (Å²) in [6.07, 6.45) is 10.1. The Morgan fingerprint density at radius 2 is 2.05 bits per heavy atom. The van der Waals surface area contributed by atoms with Crippen molar-refractivity contribution in [2.75, 3.05) is 0 Å². The Kier molecular flexibility index (Phi) is 4.37. The van der Waals surface area contributed by atoms with Crippen LogP contribution in [0.5, 0.6) is 0 Å². The Labute approximate surface area is 125 Å². The van der Waals surface area contributed by atoms with Crippen LogP contribution in [0.25, 0.3) is 0 Å². The number of rotatable bonds is 3. The fraction of sp³-hybridized carbons (Fsp3) is 0.789. The highest BCUT2D eigenvalue weighted by Crippen LogP contribution is 2.61. The summed E-state index contributed by atoms with van der Waals surface area (Å²) in [4.78, 5) is 0. The van der Waals surface area contributed by atoms with Gasteiger partial charge in [-0.2, -0.15) is 0 Å². The van der Waals surface area contributed by atoms with Gasteiger partial charge in [0.1, 0.15) is 0 Å². The number of aliphatic hydroxyl groups is 1. The van der Waals surface area contributed by atoms with Crippen molar-refractivity contribution in [2.24, 2.45) is 22.7 Å². The minimum absolute atomic E-state index is 0.423. The summed E-state index contributed by atoms with van der Waals surface area (Å²) in [6, 6.07) is 0. The van der Waals surface area contributed by atoms with Gasteiger partial charge in [-0.25, -0.2) is 0 Å². The summed E-state index contributed by atoms with van der Waals surface area (Å²) < 4.78 is 0. The van der Waals surface area contributed by atoms with E-state index in [0.717, 1.165) is 24.3 Å². The predicted molar refractivity (Wildman–Crippen MR) is 86.7 cm³/mol. The van der Waals surface area contributed by atoms with Crippen LogP contribution in [-0.4, -0.2) is 5.11 Å². The summed E-state index contributed by atoms with van der Waals surface area (Å²) in [5.74, 6) is 1.47. The maximum Gasteiger partial charge on any atom is 0.0780 e. The molecule has 1 N–H and O–H groups in total. The van der Waals surface area contributed by atoms with Crippen LogP contribution in [0.15, 0.2) is 24.0 Å². The van der Waals surface area contributed by atoms with E-state index < -0.39 is 0 Å². The normalized spacial score (nSPS) is 37.6. The molecule has 2 fully saturated rings. The van der Waals surface area contributed by atoms with E-state index in [4.69, 9.17) is 5.11 Å². The first-order valence-electron chi connectivity index (χ1n) is 8.29. The molecule has 2 rings (SSSR count). The van der Waals surface area contributed by atoms with Gasteiger partial charge in [0.2, 0.25) is 0 Å². The lowest BCUT2D eigenvalue weighted by atomic mass is 9.47. The van der Waals surface area contributed by atoms with Crippen molar-refractivity contribution < 1.29 is 5.11 Å². The van der Waals surface area contributed by atoms with Crippen LogP contribution in [0.2, 0.25) is 0 Å². The molecular weight excluding hydrogens is 244 g/mol. The van der Waals surface area contributed by atoms with Gasteiger partial charge in [0.25, 0.3) is 0 Å². The lowest BCUT2D eigenvalue weighted by Gasteiger charge is -2.58. The zero-order valence-electron chi connectivity index (χ0n) is 13.8. The van der Waals surface area contributed by atoms with E-state index in [-0.39, 0.29) is 0 Å². The van der Waals surface area contributed by atoms with Crippen molar-refractivity contribution in [3.8, 4) is 0 Å². The van der Waals surface area contributed by atoms with Crippen LogP contribution < -0.4 is 0 Å². The van der Waals surface area contributed by atoms with Gasteiger partial charge < -0.3 is 5.11 Å². The fourth-order valence-corrected chi connectivity index (χ4v) is 5.24. The zero-order valence-corrected chi connectivity index (χ0v) is 13.8. The molecule has 0 spiro atoms. The lowest BCUT2D eigenvalue weighted by molar-refractivity contribution is -0.0539. The molecule has 0 aliphatic heterocycles. The first kappa shape index (κ1) is 15.7. The third-order valence-corrected chi connectivity index (χ3v) is 6.37. The standard InChI is InChI=1S/C19H32O/c1-14(13-20)7-9-16-15(2)8-10-17-18(3,4)11-6-12-19(16,17)5/h13,16-17,20H,2,6-12H2,1,3-5H3/b14-13+. The quantitative estimate of drug-likeness (QED) is 0.493. The molecule has 0 aromatic carbocycles. The summed E-state index contributed by atoms with van der Waals surface area (Å²) in [5, 5.41) is 9.13. The topological polar surface area (TPSA) is 20.2 Å². The number of hydrogen-bond donors (Lipinski definition) is 1. The molecule has 0 aromatic rings. The molecule has 20 heavy (non-hydrogen) atoms. The second-order valence-electron chi connectivity index (χ2n) is 8.16. The van der Waals surface area contributed by atoms with Crippen molar-refractivity contribution >= 4 is 0 Å².